The molecule has 4 rings (SSSR count). The van der Waals surface area contributed by atoms with Gasteiger partial charge in [-0.05, 0) is 44.5 Å². The maximum absolute atomic E-state index is 13.2. The molecule has 0 saturated carbocycles. The molecular weight excluding hydrogens is 374 g/mol. The molecule has 1 fully saturated rings. The second kappa shape index (κ2) is 7.83. The second-order valence-corrected chi connectivity index (χ2v) is 8.25. The van der Waals surface area contributed by atoms with E-state index in [1.54, 1.807) is 35.2 Å². The third-order valence-corrected chi connectivity index (χ3v) is 6.41. The van der Waals surface area contributed by atoms with Crippen molar-refractivity contribution >= 4 is 28.7 Å². The summed E-state index contributed by atoms with van der Waals surface area (Å²) in [5.74, 6) is 1.56. The van der Waals surface area contributed by atoms with Gasteiger partial charge in [0.05, 0.1) is 16.9 Å². The van der Waals surface area contributed by atoms with Crippen LogP contribution in [0.3, 0.4) is 0 Å². The van der Waals surface area contributed by atoms with E-state index in [0.29, 0.717) is 30.7 Å². The molecule has 7 heteroatoms. The quantitative estimate of drug-likeness (QED) is 0.675. The third-order valence-electron chi connectivity index (χ3n) is 5.12. The van der Waals surface area contributed by atoms with Crippen LogP contribution in [0, 0.1) is 6.92 Å². The maximum atomic E-state index is 13.2. The fourth-order valence-corrected chi connectivity index (χ4v) is 4.78. The fraction of sp³-hybridized carbons (Fsp3) is 0.381. The Labute approximate surface area is 167 Å². The molecule has 1 aliphatic rings. The van der Waals surface area contributed by atoms with Gasteiger partial charge in [-0.3, -0.25) is 9.59 Å². The molecule has 6 nitrogen and oxygen atoms in total. The van der Waals surface area contributed by atoms with Crippen molar-refractivity contribution in [3.05, 3.63) is 64.0 Å². The van der Waals surface area contributed by atoms with E-state index in [1.165, 1.54) is 0 Å². The molecule has 0 aliphatic carbocycles. The largest absolute Gasteiger partial charge is 0.468 e. The van der Waals surface area contributed by atoms with E-state index in [-0.39, 0.29) is 22.1 Å². The molecule has 1 amide bonds. The average molecular weight is 398 g/mol. The monoisotopic (exact) mass is 397 g/mol. The van der Waals surface area contributed by atoms with Crippen molar-refractivity contribution in [2.75, 3.05) is 18.8 Å². The van der Waals surface area contributed by atoms with Crippen LogP contribution in [0.5, 0.6) is 0 Å². The highest BCUT2D eigenvalue weighted by atomic mass is 32.2. The molecule has 0 N–H and O–H groups in total. The Kier molecular flexibility index (Phi) is 5.26. The summed E-state index contributed by atoms with van der Waals surface area (Å²) in [6.45, 7) is 5.75. The Morgan fingerprint density at radius 1 is 1.32 bits per heavy atom. The van der Waals surface area contributed by atoms with Gasteiger partial charge in [-0.2, -0.15) is 0 Å². The minimum Gasteiger partial charge on any atom is -0.468 e. The Hall–Kier alpha value is -2.54. The van der Waals surface area contributed by atoms with Crippen LogP contribution in [0.1, 0.15) is 40.4 Å². The van der Waals surface area contributed by atoms with Crippen molar-refractivity contribution in [1.82, 2.24) is 14.5 Å². The fourth-order valence-electron chi connectivity index (χ4n) is 3.60. The SMILES string of the molecule is CCn1cc(C(=O)N2CCSC(c3ccco3)CC2)c(=O)c2ccc(C)nc21. The van der Waals surface area contributed by atoms with Gasteiger partial charge >= 0.3 is 0 Å². The van der Waals surface area contributed by atoms with E-state index in [4.69, 9.17) is 4.42 Å². The smallest absolute Gasteiger partial charge is 0.259 e. The van der Waals surface area contributed by atoms with Crippen LogP contribution in [-0.2, 0) is 6.54 Å². The number of aryl methyl sites for hydroxylation is 2. The summed E-state index contributed by atoms with van der Waals surface area (Å²) in [4.78, 5) is 32.5. The molecule has 0 bridgehead atoms. The van der Waals surface area contributed by atoms with E-state index >= 15 is 0 Å². The number of nitrogens with zero attached hydrogens (tertiary/aromatic N) is 3. The van der Waals surface area contributed by atoms with E-state index in [0.717, 1.165) is 23.6 Å². The number of carbonyl (C=O) groups is 1. The summed E-state index contributed by atoms with van der Waals surface area (Å²) >= 11 is 1.79. The molecule has 1 atom stereocenters. The van der Waals surface area contributed by atoms with Gasteiger partial charge in [0.1, 0.15) is 17.0 Å². The van der Waals surface area contributed by atoms with Crippen LogP contribution in [0.4, 0.5) is 0 Å². The number of fused-ring (bicyclic) bond motifs is 1. The first kappa shape index (κ1) is 18.8. The van der Waals surface area contributed by atoms with Gasteiger partial charge in [-0.25, -0.2) is 4.98 Å². The zero-order valence-electron chi connectivity index (χ0n) is 16.1. The topological polar surface area (TPSA) is 68.3 Å². The molecule has 28 heavy (non-hydrogen) atoms. The average Bonchev–Trinajstić information content (AvgIpc) is 3.12. The van der Waals surface area contributed by atoms with Gasteiger partial charge in [0.2, 0.25) is 5.43 Å². The highest BCUT2D eigenvalue weighted by molar-refractivity contribution is 7.99. The van der Waals surface area contributed by atoms with Crippen molar-refractivity contribution in [3.8, 4) is 0 Å². The number of thioether (sulfide) groups is 1. The number of pyridine rings is 2. The zero-order chi connectivity index (χ0) is 19.7. The number of aromatic nitrogens is 2. The van der Waals surface area contributed by atoms with Crippen LogP contribution in [-0.4, -0.2) is 39.2 Å². The van der Waals surface area contributed by atoms with Crippen molar-refractivity contribution < 1.29 is 9.21 Å². The summed E-state index contributed by atoms with van der Waals surface area (Å²) in [6.07, 6.45) is 4.16. The Bertz CT molecular complexity index is 1060. The number of carbonyl (C=O) groups excluding carboxylic acids is 1. The van der Waals surface area contributed by atoms with Gasteiger partial charge < -0.3 is 13.9 Å². The molecule has 1 unspecified atom stereocenters. The predicted molar refractivity (Wildman–Crippen MR) is 111 cm³/mol. The minimum absolute atomic E-state index is 0.199. The first-order valence-corrected chi connectivity index (χ1v) is 10.6. The summed E-state index contributed by atoms with van der Waals surface area (Å²) < 4.78 is 7.42. The van der Waals surface area contributed by atoms with Gasteiger partial charge in [-0.1, -0.05) is 0 Å². The van der Waals surface area contributed by atoms with Gasteiger partial charge in [0.25, 0.3) is 5.91 Å². The number of hydrogen-bond donors (Lipinski definition) is 0. The van der Waals surface area contributed by atoms with Gasteiger partial charge in [0.15, 0.2) is 0 Å². The van der Waals surface area contributed by atoms with Gasteiger partial charge in [0, 0.05) is 37.3 Å². The molecule has 3 aromatic heterocycles. The van der Waals surface area contributed by atoms with Crippen molar-refractivity contribution in [3.63, 3.8) is 0 Å². The Morgan fingerprint density at radius 2 is 2.18 bits per heavy atom. The van der Waals surface area contributed by atoms with E-state index in [2.05, 4.69) is 4.98 Å². The lowest BCUT2D eigenvalue weighted by Crippen LogP contribution is -2.36. The number of amides is 1. The molecule has 0 aromatic carbocycles. The van der Waals surface area contributed by atoms with E-state index < -0.39 is 0 Å². The first-order valence-electron chi connectivity index (χ1n) is 9.53. The lowest BCUT2D eigenvalue weighted by atomic mass is 10.1. The Morgan fingerprint density at radius 3 is 2.93 bits per heavy atom. The minimum atomic E-state index is -0.239. The summed E-state index contributed by atoms with van der Waals surface area (Å²) in [6, 6.07) is 7.46. The van der Waals surface area contributed by atoms with E-state index in [1.807, 2.05) is 36.6 Å². The Balaban J connectivity index is 1.64. The highest BCUT2D eigenvalue weighted by Gasteiger charge is 2.26. The molecular formula is C21H23N3O3S. The van der Waals surface area contributed by atoms with Crippen molar-refractivity contribution in [2.24, 2.45) is 0 Å². The van der Waals surface area contributed by atoms with Gasteiger partial charge in [-0.15, -0.1) is 11.8 Å². The number of hydrogen-bond acceptors (Lipinski definition) is 5. The van der Waals surface area contributed by atoms with Crippen molar-refractivity contribution in [1.29, 1.82) is 0 Å². The summed E-state index contributed by atoms with van der Waals surface area (Å²) in [5.41, 5.74) is 1.47. The van der Waals surface area contributed by atoms with Crippen LogP contribution in [0.2, 0.25) is 0 Å². The van der Waals surface area contributed by atoms with Crippen LogP contribution in [0.15, 0.2) is 45.9 Å². The second-order valence-electron chi connectivity index (χ2n) is 6.94. The molecule has 0 radical (unpaired) electrons. The first-order chi connectivity index (χ1) is 13.6. The third kappa shape index (κ3) is 3.46. The standard InChI is InChI=1S/C21H23N3O3S/c1-3-23-13-16(19(25)15-7-6-14(2)22-20(15)23)21(26)24-9-8-18(28-12-10-24)17-5-4-11-27-17/h4-7,11,13,18H,3,8-10,12H2,1-2H3. The van der Waals surface area contributed by atoms with E-state index in [9.17, 15) is 9.59 Å². The summed E-state index contributed by atoms with van der Waals surface area (Å²) in [7, 11) is 0. The normalized spacial score (nSPS) is 17.6. The van der Waals surface area contributed by atoms with Crippen LogP contribution >= 0.6 is 11.8 Å². The lowest BCUT2D eigenvalue weighted by molar-refractivity contribution is 0.0764. The zero-order valence-corrected chi connectivity index (χ0v) is 16.9. The molecule has 0 spiro atoms. The lowest BCUT2D eigenvalue weighted by Gasteiger charge is -2.21. The predicted octanol–water partition coefficient (Wildman–Crippen LogP) is 3.64. The number of rotatable bonds is 3. The maximum Gasteiger partial charge on any atom is 0.259 e. The van der Waals surface area contributed by atoms with Crippen LogP contribution in [0.25, 0.3) is 11.0 Å². The molecule has 3 aromatic rings. The molecule has 1 aliphatic heterocycles. The highest BCUT2D eigenvalue weighted by Crippen LogP contribution is 2.34. The number of furan rings is 1. The molecule has 1 saturated heterocycles. The summed E-state index contributed by atoms with van der Waals surface area (Å²) in [5, 5.41) is 0.736. The molecule has 146 valence electrons. The van der Waals surface area contributed by atoms with Crippen molar-refractivity contribution in [2.45, 2.75) is 32.1 Å². The van der Waals surface area contributed by atoms with Crippen LogP contribution < -0.4 is 5.43 Å². The molecule has 4 heterocycles.